The molecule has 2 heterocycles. The van der Waals surface area contributed by atoms with Crippen molar-refractivity contribution in [3.05, 3.63) is 68.3 Å². The summed E-state index contributed by atoms with van der Waals surface area (Å²) in [7, 11) is 0. The van der Waals surface area contributed by atoms with Gasteiger partial charge in [-0.25, -0.2) is 4.98 Å². The summed E-state index contributed by atoms with van der Waals surface area (Å²) in [4.78, 5) is 43.4. The number of amides is 2. The van der Waals surface area contributed by atoms with Crippen LogP contribution < -0.4 is 16.4 Å². The summed E-state index contributed by atoms with van der Waals surface area (Å²) in [5.41, 5.74) is 5.84. The number of hydrogen-bond donors (Lipinski definition) is 2. The number of hydrazine groups is 1. The van der Waals surface area contributed by atoms with Crippen molar-refractivity contribution >= 4 is 56.7 Å². The third kappa shape index (κ3) is 4.75. The number of carbonyl (C=O) groups is 2. The number of nitrogens with zero attached hydrogens (tertiary/aromatic N) is 2. The van der Waals surface area contributed by atoms with Gasteiger partial charge in [-0.05, 0) is 43.7 Å². The fourth-order valence-electron chi connectivity index (χ4n) is 2.68. The molecule has 0 saturated heterocycles. The first kappa shape index (κ1) is 22.1. The second kappa shape index (κ2) is 9.46. The van der Waals surface area contributed by atoms with Gasteiger partial charge < -0.3 is 0 Å². The van der Waals surface area contributed by atoms with Gasteiger partial charge >= 0.3 is 0 Å². The van der Waals surface area contributed by atoms with Crippen molar-refractivity contribution in [2.24, 2.45) is 0 Å². The van der Waals surface area contributed by atoms with E-state index in [1.807, 2.05) is 13.8 Å². The van der Waals surface area contributed by atoms with Crippen molar-refractivity contribution < 1.29 is 9.59 Å². The highest BCUT2D eigenvalue weighted by Crippen LogP contribution is 2.28. The first-order valence-electron chi connectivity index (χ1n) is 8.90. The van der Waals surface area contributed by atoms with Crippen molar-refractivity contribution in [1.82, 2.24) is 20.4 Å². The van der Waals surface area contributed by atoms with Crippen LogP contribution in [-0.4, -0.2) is 27.1 Å². The Morgan fingerprint density at radius 3 is 2.63 bits per heavy atom. The van der Waals surface area contributed by atoms with Crippen LogP contribution >= 0.6 is 34.7 Å². The molecule has 3 rings (SSSR count). The van der Waals surface area contributed by atoms with E-state index >= 15 is 0 Å². The number of fused-ring (bicyclic) bond motifs is 1. The number of halogens is 1. The van der Waals surface area contributed by atoms with E-state index in [9.17, 15) is 14.4 Å². The van der Waals surface area contributed by atoms with Crippen LogP contribution in [0.2, 0.25) is 5.02 Å². The molecule has 10 heteroatoms. The highest BCUT2D eigenvalue weighted by Gasteiger charge is 2.17. The molecule has 0 atom stereocenters. The molecule has 7 nitrogen and oxygen atoms in total. The van der Waals surface area contributed by atoms with Gasteiger partial charge in [0.05, 0.1) is 11.1 Å². The third-order valence-corrected chi connectivity index (χ3v) is 6.65. The minimum Gasteiger partial charge on any atom is -0.283 e. The van der Waals surface area contributed by atoms with Gasteiger partial charge in [0.2, 0.25) is 5.91 Å². The second-order valence-corrected chi connectivity index (χ2v) is 8.94. The predicted octanol–water partition coefficient (Wildman–Crippen LogP) is 3.47. The average Bonchev–Trinajstić information content (AvgIpc) is 3.01. The van der Waals surface area contributed by atoms with E-state index in [1.165, 1.54) is 15.9 Å². The molecule has 0 bridgehead atoms. The molecule has 30 heavy (non-hydrogen) atoms. The third-order valence-electron chi connectivity index (χ3n) is 4.32. The SMILES string of the molecule is C=CCn1c(SCC(=O)NNC(=O)c2ccc(Cl)cc2)nc2sc(C)c(C)c2c1=O. The molecule has 156 valence electrons. The summed E-state index contributed by atoms with van der Waals surface area (Å²) in [6.45, 7) is 7.83. The van der Waals surface area contributed by atoms with Crippen LogP contribution in [0, 0.1) is 13.8 Å². The molecule has 0 fully saturated rings. The van der Waals surface area contributed by atoms with Gasteiger partial charge in [0.1, 0.15) is 4.83 Å². The molecule has 2 aromatic heterocycles. The summed E-state index contributed by atoms with van der Waals surface area (Å²) in [5, 5.41) is 1.54. The standard InChI is InChI=1S/C20H19ClN4O3S2/c1-4-9-25-19(28)16-11(2)12(3)30-18(16)22-20(25)29-10-15(26)23-24-17(27)13-5-7-14(21)8-6-13/h4-8H,1,9-10H2,2-3H3,(H,23,26)(H,24,27). The van der Waals surface area contributed by atoms with E-state index in [1.54, 1.807) is 30.3 Å². The van der Waals surface area contributed by atoms with E-state index in [2.05, 4.69) is 22.4 Å². The lowest BCUT2D eigenvalue weighted by atomic mass is 10.2. The van der Waals surface area contributed by atoms with E-state index in [0.717, 1.165) is 22.2 Å². The fourth-order valence-corrected chi connectivity index (χ4v) is 4.68. The molecule has 0 spiro atoms. The van der Waals surface area contributed by atoms with Crippen molar-refractivity contribution in [2.75, 3.05) is 5.75 Å². The van der Waals surface area contributed by atoms with Gasteiger partial charge in [-0.15, -0.1) is 17.9 Å². The molecule has 0 radical (unpaired) electrons. The largest absolute Gasteiger partial charge is 0.283 e. The van der Waals surface area contributed by atoms with Gasteiger partial charge in [0.15, 0.2) is 5.16 Å². The summed E-state index contributed by atoms with van der Waals surface area (Å²) in [5.74, 6) is -0.919. The number of hydrogen-bond acceptors (Lipinski definition) is 6. The van der Waals surface area contributed by atoms with Crippen molar-refractivity contribution in [3.63, 3.8) is 0 Å². The van der Waals surface area contributed by atoms with Crippen LogP contribution in [0.4, 0.5) is 0 Å². The minimum absolute atomic E-state index is 0.0284. The Labute approximate surface area is 186 Å². The Morgan fingerprint density at radius 2 is 1.97 bits per heavy atom. The topological polar surface area (TPSA) is 93.1 Å². The van der Waals surface area contributed by atoms with Crippen LogP contribution in [0.1, 0.15) is 20.8 Å². The van der Waals surface area contributed by atoms with Crippen LogP contribution in [0.25, 0.3) is 10.2 Å². The van der Waals surface area contributed by atoms with Crippen LogP contribution in [0.15, 0.2) is 46.9 Å². The molecule has 0 unspecified atom stereocenters. The number of rotatable bonds is 6. The predicted molar refractivity (Wildman–Crippen MR) is 121 cm³/mol. The number of benzene rings is 1. The number of carbonyl (C=O) groups excluding carboxylic acids is 2. The quantitative estimate of drug-likeness (QED) is 0.253. The summed E-state index contributed by atoms with van der Waals surface area (Å²) >= 11 is 8.37. The second-order valence-electron chi connectivity index (χ2n) is 6.36. The maximum absolute atomic E-state index is 12.9. The van der Waals surface area contributed by atoms with E-state index in [4.69, 9.17) is 11.6 Å². The van der Waals surface area contributed by atoms with E-state index in [-0.39, 0.29) is 17.9 Å². The lowest BCUT2D eigenvalue weighted by Crippen LogP contribution is -2.42. The lowest BCUT2D eigenvalue weighted by molar-refractivity contribution is -0.119. The molecule has 0 saturated carbocycles. The molecule has 1 aromatic carbocycles. The summed E-state index contributed by atoms with van der Waals surface area (Å²) in [6, 6.07) is 6.28. The van der Waals surface area contributed by atoms with Gasteiger partial charge in [-0.1, -0.05) is 29.4 Å². The molecule has 0 aliphatic rings. The molecule has 2 N–H and O–H groups in total. The molecule has 0 aliphatic heterocycles. The van der Waals surface area contributed by atoms with Crippen LogP contribution in [0.3, 0.4) is 0 Å². The highest BCUT2D eigenvalue weighted by atomic mass is 35.5. The zero-order valence-corrected chi connectivity index (χ0v) is 18.7. The van der Waals surface area contributed by atoms with Gasteiger partial charge in [-0.3, -0.25) is 29.8 Å². The first-order valence-corrected chi connectivity index (χ1v) is 11.1. The summed E-state index contributed by atoms with van der Waals surface area (Å²) < 4.78 is 1.50. The highest BCUT2D eigenvalue weighted by molar-refractivity contribution is 7.99. The number of aryl methyl sites for hydroxylation is 2. The van der Waals surface area contributed by atoms with Gasteiger partial charge in [-0.2, -0.15) is 0 Å². The average molecular weight is 463 g/mol. The molecule has 3 aromatic rings. The summed E-state index contributed by atoms with van der Waals surface area (Å²) in [6.07, 6.45) is 1.61. The Morgan fingerprint density at radius 1 is 1.27 bits per heavy atom. The van der Waals surface area contributed by atoms with Gasteiger partial charge in [0.25, 0.3) is 11.5 Å². The van der Waals surface area contributed by atoms with Crippen molar-refractivity contribution in [3.8, 4) is 0 Å². The van der Waals surface area contributed by atoms with Crippen molar-refractivity contribution in [1.29, 1.82) is 0 Å². The van der Waals surface area contributed by atoms with Crippen LogP contribution in [0.5, 0.6) is 0 Å². The Balaban J connectivity index is 1.70. The monoisotopic (exact) mass is 462 g/mol. The Kier molecular flexibility index (Phi) is 6.96. The molecule has 2 amide bonds. The zero-order chi connectivity index (χ0) is 21.8. The smallest absolute Gasteiger partial charge is 0.269 e. The lowest BCUT2D eigenvalue weighted by Gasteiger charge is -2.11. The van der Waals surface area contributed by atoms with E-state index < -0.39 is 11.8 Å². The number of nitrogens with one attached hydrogen (secondary N) is 2. The first-order chi connectivity index (χ1) is 14.3. The number of thioether (sulfide) groups is 1. The number of aromatic nitrogens is 2. The normalized spacial score (nSPS) is 10.8. The zero-order valence-electron chi connectivity index (χ0n) is 16.3. The molecular formula is C20H19ClN4O3S2. The van der Waals surface area contributed by atoms with Crippen molar-refractivity contribution in [2.45, 2.75) is 25.5 Å². The maximum atomic E-state index is 12.9. The minimum atomic E-state index is -0.460. The van der Waals surface area contributed by atoms with Crippen LogP contribution in [-0.2, 0) is 11.3 Å². The van der Waals surface area contributed by atoms with Gasteiger partial charge in [0, 0.05) is 22.0 Å². The molecular weight excluding hydrogens is 444 g/mol. The molecule has 0 aliphatic carbocycles. The van der Waals surface area contributed by atoms with E-state index in [0.29, 0.717) is 26.0 Å². The fraction of sp³-hybridized carbons (Fsp3) is 0.200. The Bertz CT molecular complexity index is 1190. The Hall–Kier alpha value is -2.62. The number of allylic oxidation sites excluding steroid dienone is 1. The number of thiophene rings is 1. The maximum Gasteiger partial charge on any atom is 0.269 e.